The monoisotopic (exact) mass is 426 g/mol. The number of ether oxygens (including phenoxy) is 2. The van der Waals surface area contributed by atoms with Crippen LogP contribution in [0.4, 0.5) is 15.8 Å². The van der Waals surface area contributed by atoms with Crippen LogP contribution in [0, 0.1) is 13.8 Å². The molecule has 3 aromatic rings. The highest BCUT2D eigenvalue weighted by Gasteiger charge is 2.20. The third-order valence-corrected chi connectivity index (χ3v) is 5.25. The third kappa shape index (κ3) is 4.52. The van der Waals surface area contributed by atoms with E-state index in [1.165, 1.54) is 14.2 Å². The number of aryl methyl sites for hydroxylation is 2. The molecule has 1 aromatic heterocycles. The molecule has 0 aliphatic heterocycles. The van der Waals surface area contributed by atoms with Crippen LogP contribution >= 0.6 is 11.3 Å². The molecule has 0 atom stereocenters. The summed E-state index contributed by atoms with van der Waals surface area (Å²) in [7, 11) is 3.00. The van der Waals surface area contributed by atoms with E-state index in [4.69, 9.17) is 15.2 Å². The summed E-state index contributed by atoms with van der Waals surface area (Å²) in [6, 6.07) is 10.7. The first kappa shape index (κ1) is 21.1. The molecule has 30 heavy (non-hydrogen) atoms. The molecule has 9 heteroatoms. The Hall–Kier alpha value is -3.59. The standard InChI is InChI=1S/C21H22N4O4S/c1-11-5-6-12(2)14(9-11)23-21-24-17(18(22)26)20(30-21)25-19(27)13-7-8-15(28-3)16(10-13)29-4/h5-10H,1-4H3,(H2,22,26)(H,23,24)(H,25,27). The lowest BCUT2D eigenvalue weighted by atomic mass is 10.1. The molecule has 2 aromatic carbocycles. The SMILES string of the molecule is COc1ccc(C(=O)Nc2sc(Nc3cc(C)ccc3C)nc2C(N)=O)cc1OC. The second-order valence-electron chi connectivity index (χ2n) is 6.53. The second kappa shape index (κ2) is 8.83. The molecule has 0 spiro atoms. The van der Waals surface area contributed by atoms with Gasteiger partial charge in [0.15, 0.2) is 22.3 Å². The topological polar surface area (TPSA) is 116 Å². The van der Waals surface area contributed by atoms with Gasteiger partial charge in [0, 0.05) is 11.3 Å². The molecule has 0 aliphatic rings. The van der Waals surface area contributed by atoms with E-state index >= 15 is 0 Å². The minimum atomic E-state index is -0.733. The van der Waals surface area contributed by atoms with Crippen LogP contribution in [0.3, 0.4) is 0 Å². The lowest BCUT2D eigenvalue weighted by Gasteiger charge is -2.09. The van der Waals surface area contributed by atoms with Gasteiger partial charge in [-0.3, -0.25) is 9.59 Å². The van der Waals surface area contributed by atoms with Gasteiger partial charge in [0.1, 0.15) is 5.00 Å². The summed E-state index contributed by atoms with van der Waals surface area (Å²) in [5.41, 5.74) is 8.74. The van der Waals surface area contributed by atoms with E-state index in [1.54, 1.807) is 18.2 Å². The van der Waals surface area contributed by atoms with Crippen molar-refractivity contribution >= 4 is 39.0 Å². The molecule has 2 amide bonds. The molecular weight excluding hydrogens is 404 g/mol. The number of amides is 2. The first-order chi connectivity index (χ1) is 14.3. The van der Waals surface area contributed by atoms with E-state index in [0.29, 0.717) is 22.2 Å². The number of rotatable bonds is 7. The van der Waals surface area contributed by atoms with Crippen molar-refractivity contribution in [2.45, 2.75) is 13.8 Å². The van der Waals surface area contributed by atoms with Crippen molar-refractivity contribution in [1.82, 2.24) is 4.98 Å². The number of anilines is 3. The van der Waals surface area contributed by atoms with Crippen LogP contribution in [0.15, 0.2) is 36.4 Å². The van der Waals surface area contributed by atoms with Crippen LogP contribution < -0.4 is 25.8 Å². The van der Waals surface area contributed by atoms with Crippen molar-refractivity contribution in [1.29, 1.82) is 0 Å². The fourth-order valence-electron chi connectivity index (χ4n) is 2.76. The van der Waals surface area contributed by atoms with Gasteiger partial charge in [-0.2, -0.15) is 0 Å². The summed E-state index contributed by atoms with van der Waals surface area (Å²) in [5, 5.41) is 6.60. The maximum Gasteiger partial charge on any atom is 0.270 e. The summed E-state index contributed by atoms with van der Waals surface area (Å²) in [6.45, 7) is 3.94. The summed E-state index contributed by atoms with van der Waals surface area (Å²) in [6.07, 6.45) is 0. The number of nitrogens with one attached hydrogen (secondary N) is 2. The van der Waals surface area contributed by atoms with Gasteiger partial charge in [-0.15, -0.1) is 0 Å². The number of nitrogens with zero attached hydrogens (tertiary/aromatic N) is 1. The van der Waals surface area contributed by atoms with Crippen molar-refractivity contribution in [3.05, 3.63) is 58.8 Å². The number of methoxy groups -OCH3 is 2. The number of benzene rings is 2. The van der Waals surface area contributed by atoms with Crippen LogP contribution in [-0.2, 0) is 0 Å². The Kier molecular flexibility index (Phi) is 6.22. The largest absolute Gasteiger partial charge is 0.493 e. The number of hydrogen-bond donors (Lipinski definition) is 3. The minimum Gasteiger partial charge on any atom is -0.493 e. The Morgan fingerprint density at radius 3 is 2.43 bits per heavy atom. The van der Waals surface area contributed by atoms with Crippen LogP contribution in [0.1, 0.15) is 32.0 Å². The number of aromatic nitrogens is 1. The number of carbonyl (C=O) groups is 2. The number of carbonyl (C=O) groups excluding carboxylic acids is 2. The minimum absolute atomic E-state index is 0.0124. The first-order valence-electron chi connectivity index (χ1n) is 9.00. The number of primary amides is 1. The molecule has 8 nitrogen and oxygen atoms in total. The quantitative estimate of drug-likeness (QED) is 0.528. The Balaban J connectivity index is 1.87. The van der Waals surface area contributed by atoms with E-state index in [1.807, 2.05) is 32.0 Å². The van der Waals surface area contributed by atoms with Gasteiger partial charge < -0.3 is 25.8 Å². The average Bonchev–Trinajstić information content (AvgIpc) is 3.12. The van der Waals surface area contributed by atoms with Crippen LogP contribution in [0.25, 0.3) is 0 Å². The lowest BCUT2D eigenvalue weighted by Crippen LogP contribution is -2.17. The van der Waals surface area contributed by atoms with Gasteiger partial charge in [-0.05, 0) is 49.2 Å². The fourth-order valence-corrected chi connectivity index (χ4v) is 3.64. The summed E-state index contributed by atoms with van der Waals surface area (Å²) in [4.78, 5) is 28.8. The zero-order valence-corrected chi connectivity index (χ0v) is 17.8. The third-order valence-electron chi connectivity index (χ3n) is 4.37. The molecular formula is C21H22N4O4S. The normalized spacial score (nSPS) is 10.4. The fraction of sp³-hybridized carbons (Fsp3) is 0.190. The molecule has 1 heterocycles. The Labute approximate surface area is 178 Å². The molecule has 0 unspecified atom stereocenters. The zero-order chi connectivity index (χ0) is 21.8. The summed E-state index contributed by atoms with van der Waals surface area (Å²) < 4.78 is 10.4. The molecule has 0 radical (unpaired) electrons. The van der Waals surface area contributed by atoms with E-state index in [2.05, 4.69) is 15.6 Å². The maximum absolute atomic E-state index is 12.7. The van der Waals surface area contributed by atoms with Crippen molar-refractivity contribution in [2.24, 2.45) is 5.73 Å². The smallest absolute Gasteiger partial charge is 0.270 e. The highest BCUT2D eigenvalue weighted by Crippen LogP contribution is 2.33. The Morgan fingerprint density at radius 1 is 1.03 bits per heavy atom. The van der Waals surface area contributed by atoms with Gasteiger partial charge in [-0.25, -0.2) is 4.98 Å². The van der Waals surface area contributed by atoms with E-state index in [-0.39, 0.29) is 10.7 Å². The highest BCUT2D eigenvalue weighted by atomic mass is 32.1. The van der Waals surface area contributed by atoms with Gasteiger partial charge in [0.2, 0.25) is 0 Å². The molecule has 0 saturated carbocycles. The maximum atomic E-state index is 12.7. The molecule has 156 valence electrons. The molecule has 0 bridgehead atoms. The molecule has 0 saturated heterocycles. The summed E-state index contributed by atoms with van der Waals surface area (Å²) >= 11 is 1.13. The van der Waals surface area contributed by atoms with E-state index in [0.717, 1.165) is 28.2 Å². The van der Waals surface area contributed by atoms with Crippen molar-refractivity contribution in [3.63, 3.8) is 0 Å². The lowest BCUT2D eigenvalue weighted by molar-refractivity contribution is 0.0997. The second-order valence-corrected chi connectivity index (χ2v) is 7.53. The molecule has 0 aliphatic carbocycles. The van der Waals surface area contributed by atoms with Crippen molar-refractivity contribution < 1.29 is 19.1 Å². The Morgan fingerprint density at radius 2 is 1.77 bits per heavy atom. The average molecular weight is 426 g/mol. The molecule has 3 rings (SSSR count). The van der Waals surface area contributed by atoms with Gasteiger partial charge >= 0.3 is 0 Å². The first-order valence-corrected chi connectivity index (χ1v) is 9.82. The van der Waals surface area contributed by atoms with Crippen molar-refractivity contribution in [2.75, 3.05) is 24.9 Å². The molecule has 0 fully saturated rings. The predicted octanol–water partition coefficient (Wildman–Crippen LogP) is 3.87. The van der Waals surface area contributed by atoms with E-state index < -0.39 is 11.8 Å². The van der Waals surface area contributed by atoms with Gasteiger partial charge in [0.05, 0.1) is 14.2 Å². The highest BCUT2D eigenvalue weighted by molar-refractivity contribution is 7.20. The predicted molar refractivity (Wildman–Crippen MR) is 117 cm³/mol. The van der Waals surface area contributed by atoms with Crippen LogP contribution in [0.5, 0.6) is 11.5 Å². The number of thiazole rings is 1. The van der Waals surface area contributed by atoms with E-state index in [9.17, 15) is 9.59 Å². The number of hydrogen-bond acceptors (Lipinski definition) is 7. The van der Waals surface area contributed by atoms with Gasteiger partial charge in [0.25, 0.3) is 11.8 Å². The van der Waals surface area contributed by atoms with Crippen LogP contribution in [-0.4, -0.2) is 31.0 Å². The number of nitrogens with two attached hydrogens (primary N) is 1. The van der Waals surface area contributed by atoms with Crippen LogP contribution in [0.2, 0.25) is 0 Å². The molecule has 4 N–H and O–H groups in total. The summed E-state index contributed by atoms with van der Waals surface area (Å²) in [5.74, 6) is -0.241. The van der Waals surface area contributed by atoms with Gasteiger partial charge in [-0.1, -0.05) is 23.5 Å². The Bertz CT molecular complexity index is 1110. The zero-order valence-electron chi connectivity index (χ0n) is 17.0. The van der Waals surface area contributed by atoms with Crippen molar-refractivity contribution in [3.8, 4) is 11.5 Å².